The number of hydrogen-bond donors (Lipinski definition) is 1. The van der Waals surface area contributed by atoms with E-state index in [0.29, 0.717) is 29.4 Å². The standard InChI is InChI=1S/C20H33NO4/c1-19(2,3)11-13-9-14(10-13)18-15(12-22)16(21-25-18)7-8-17(23)24-20(4,5)6/h13-14,22H,7-12H2,1-6H3/t13-,14+. The molecule has 0 aromatic carbocycles. The fourth-order valence-corrected chi connectivity index (χ4v) is 3.64. The van der Waals surface area contributed by atoms with Crippen LogP contribution in [0.4, 0.5) is 0 Å². The lowest BCUT2D eigenvalue weighted by Gasteiger charge is -2.38. The van der Waals surface area contributed by atoms with Gasteiger partial charge in [0.1, 0.15) is 11.4 Å². The Labute approximate surface area is 151 Å². The second-order valence-corrected chi connectivity index (χ2v) is 9.52. The van der Waals surface area contributed by atoms with Crippen LogP contribution in [-0.4, -0.2) is 21.8 Å². The van der Waals surface area contributed by atoms with E-state index in [-0.39, 0.29) is 19.0 Å². The molecule has 0 aliphatic heterocycles. The molecule has 0 bridgehead atoms. The summed E-state index contributed by atoms with van der Waals surface area (Å²) in [5.74, 6) is 1.62. The lowest BCUT2D eigenvalue weighted by molar-refractivity contribution is -0.154. The second kappa shape index (κ2) is 7.48. The van der Waals surface area contributed by atoms with E-state index < -0.39 is 5.60 Å². The first-order valence-electron chi connectivity index (χ1n) is 9.28. The summed E-state index contributed by atoms with van der Waals surface area (Å²) in [6.07, 6.45) is 4.06. The summed E-state index contributed by atoms with van der Waals surface area (Å²) in [6, 6.07) is 0. The molecule has 0 atom stereocenters. The second-order valence-electron chi connectivity index (χ2n) is 9.52. The number of esters is 1. The van der Waals surface area contributed by atoms with Crippen LogP contribution in [0, 0.1) is 11.3 Å². The number of carbonyl (C=O) groups is 1. The highest BCUT2D eigenvalue weighted by Gasteiger charge is 2.37. The highest BCUT2D eigenvalue weighted by Crippen LogP contribution is 2.47. The predicted octanol–water partition coefficient (Wildman–Crippen LogP) is 4.37. The fourth-order valence-electron chi connectivity index (χ4n) is 3.64. The largest absolute Gasteiger partial charge is 0.460 e. The Morgan fingerprint density at radius 2 is 1.88 bits per heavy atom. The zero-order valence-corrected chi connectivity index (χ0v) is 16.5. The molecule has 1 aromatic heterocycles. The fraction of sp³-hybridized carbons (Fsp3) is 0.800. The van der Waals surface area contributed by atoms with Crippen molar-refractivity contribution in [1.29, 1.82) is 0 Å². The van der Waals surface area contributed by atoms with E-state index in [9.17, 15) is 9.90 Å². The molecule has 1 aliphatic carbocycles. The minimum atomic E-state index is -0.486. The zero-order valence-electron chi connectivity index (χ0n) is 16.5. The quantitative estimate of drug-likeness (QED) is 0.770. The molecule has 0 saturated heterocycles. The van der Waals surface area contributed by atoms with Gasteiger partial charge in [0, 0.05) is 17.9 Å². The average Bonchev–Trinajstić information content (AvgIpc) is 2.79. The average molecular weight is 351 g/mol. The monoisotopic (exact) mass is 351 g/mol. The smallest absolute Gasteiger partial charge is 0.306 e. The molecule has 1 saturated carbocycles. The van der Waals surface area contributed by atoms with Crippen LogP contribution in [0.25, 0.3) is 0 Å². The summed E-state index contributed by atoms with van der Waals surface area (Å²) in [7, 11) is 0. The van der Waals surface area contributed by atoms with Crippen molar-refractivity contribution in [2.45, 2.75) is 91.8 Å². The summed E-state index contributed by atoms with van der Waals surface area (Å²) in [6.45, 7) is 12.3. The Kier molecular flexibility index (Phi) is 5.97. The van der Waals surface area contributed by atoms with Gasteiger partial charge in [-0.1, -0.05) is 25.9 Å². The van der Waals surface area contributed by atoms with E-state index in [2.05, 4.69) is 25.9 Å². The van der Waals surface area contributed by atoms with Gasteiger partial charge in [0.15, 0.2) is 0 Å². The van der Waals surface area contributed by atoms with Gasteiger partial charge < -0.3 is 14.4 Å². The number of carbonyl (C=O) groups excluding carboxylic acids is 1. The van der Waals surface area contributed by atoms with Crippen LogP contribution in [0.5, 0.6) is 0 Å². The van der Waals surface area contributed by atoms with Gasteiger partial charge in [-0.15, -0.1) is 0 Å². The number of aliphatic hydroxyl groups excluding tert-OH is 1. The lowest BCUT2D eigenvalue weighted by Crippen LogP contribution is -2.26. The maximum Gasteiger partial charge on any atom is 0.306 e. The van der Waals surface area contributed by atoms with Crippen molar-refractivity contribution in [2.75, 3.05) is 0 Å². The molecule has 1 heterocycles. The van der Waals surface area contributed by atoms with Crippen molar-refractivity contribution in [3.8, 4) is 0 Å². The third-order valence-corrected chi connectivity index (χ3v) is 4.55. The number of aromatic nitrogens is 1. The Morgan fingerprint density at radius 3 is 2.40 bits per heavy atom. The van der Waals surface area contributed by atoms with Crippen LogP contribution >= 0.6 is 0 Å². The summed E-state index contributed by atoms with van der Waals surface area (Å²) < 4.78 is 10.9. The van der Waals surface area contributed by atoms with E-state index in [0.717, 1.165) is 24.2 Å². The van der Waals surface area contributed by atoms with Crippen molar-refractivity contribution in [3.05, 3.63) is 17.0 Å². The normalized spacial score (nSPS) is 21.1. The molecule has 0 spiro atoms. The number of aryl methyl sites for hydroxylation is 1. The summed E-state index contributed by atoms with van der Waals surface area (Å²) in [5.41, 5.74) is 1.31. The van der Waals surface area contributed by atoms with Crippen LogP contribution in [-0.2, 0) is 22.6 Å². The molecule has 2 rings (SSSR count). The van der Waals surface area contributed by atoms with Gasteiger partial charge in [-0.25, -0.2) is 0 Å². The molecule has 1 fully saturated rings. The molecule has 0 amide bonds. The number of ether oxygens (including phenoxy) is 1. The Morgan fingerprint density at radius 1 is 1.24 bits per heavy atom. The number of rotatable bonds is 6. The van der Waals surface area contributed by atoms with Crippen molar-refractivity contribution in [2.24, 2.45) is 11.3 Å². The maximum atomic E-state index is 11.9. The van der Waals surface area contributed by atoms with Gasteiger partial charge in [-0.05, 0) is 51.4 Å². The molecule has 25 heavy (non-hydrogen) atoms. The van der Waals surface area contributed by atoms with Crippen LogP contribution in [0.15, 0.2) is 4.52 Å². The molecule has 1 aliphatic rings. The van der Waals surface area contributed by atoms with Gasteiger partial charge in [0.2, 0.25) is 0 Å². The highest BCUT2D eigenvalue weighted by molar-refractivity contribution is 5.70. The topological polar surface area (TPSA) is 72.6 Å². The van der Waals surface area contributed by atoms with E-state index in [1.54, 1.807) is 0 Å². The molecular weight excluding hydrogens is 318 g/mol. The van der Waals surface area contributed by atoms with Gasteiger partial charge in [-0.3, -0.25) is 4.79 Å². The van der Waals surface area contributed by atoms with Crippen LogP contribution in [0.1, 0.15) is 90.2 Å². The Hall–Kier alpha value is -1.36. The van der Waals surface area contributed by atoms with E-state index >= 15 is 0 Å². The van der Waals surface area contributed by atoms with Gasteiger partial charge in [0.05, 0.1) is 18.7 Å². The molecule has 5 nitrogen and oxygen atoms in total. The highest BCUT2D eigenvalue weighted by atomic mass is 16.6. The van der Waals surface area contributed by atoms with Crippen LogP contribution in [0.2, 0.25) is 0 Å². The molecule has 5 heteroatoms. The predicted molar refractivity (Wildman–Crippen MR) is 96.1 cm³/mol. The molecule has 1 N–H and O–H groups in total. The molecule has 0 radical (unpaired) electrons. The Bertz CT molecular complexity index is 586. The first kappa shape index (κ1) is 20.0. The van der Waals surface area contributed by atoms with Gasteiger partial charge in [0.25, 0.3) is 0 Å². The lowest BCUT2D eigenvalue weighted by atomic mass is 9.67. The summed E-state index contributed by atoms with van der Waals surface area (Å²) >= 11 is 0. The number of hydrogen-bond acceptors (Lipinski definition) is 5. The summed E-state index contributed by atoms with van der Waals surface area (Å²) in [4.78, 5) is 11.9. The minimum Gasteiger partial charge on any atom is -0.460 e. The van der Waals surface area contributed by atoms with E-state index in [1.807, 2.05) is 20.8 Å². The van der Waals surface area contributed by atoms with Crippen molar-refractivity contribution < 1.29 is 19.2 Å². The zero-order chi connectivity index (χ0) is 18.8. The maximum absolute atomic E-state index is 11.9. The molecule has 1 aromatic rings. The van der Waals surface area contributed by atoms with Gasteiger partial charge >= 0.3 is 5.97 Å². The first-order valence-corrected chi connectivity index (χ1v) is 9.28. The molecule has 142 valence electrons. The Balaban J connectivity index is 1.92. The van der Waals surface area contributed by atoms with Crippen molar-refractivity contribution >= 4 is 5.97 Å². The summed E-state index contributed by atoms with van der Waals surface area (Å²) in [5, 5.41) is 13.9. The third-order valence-electron chi connectivity index (χ3n) is 4.55. The van der Waals surface area contributed by atoms with Crippen LogP contribution < -0.4 is 0 Å². The molecular formula is C20H33NO4. The SMILES string of the molecule is CC(C)(C)C[C@H]1C[C@@H](c2onc(CCC(=O)OC(C)(C)C)c2CO)C1. The third kappa shape index (κ3) is 5.84. The minimum absolute atomic E-state index is 0.0943. The first-order chi connectivity index (χ1) is 11.5. The van der Waals surface area contributed by atoms with E-state index in [4.69, 9.17) is 9.26 Å². The molecule has 0 unspecified atom stereocenters. The van der Waals surface area contributed by atoms with E-state index in [1.165, 1.54) is 6.42 Å². The van der Waals surface area contributed by atoms with Crippen molar-refractivity contribution in [3.63, 3.8) is 0 Å². The van der Waals surface area contributed by atoms with Crippen LogP contribution in [0.3, 0.4) is 0 Å². The van der Waals surface area contributed by atoms with Gasteiger partial charge in [-0.2, -0.15) is 0 Å². The number of aliphatic hydroxyl groups is 1. The van der Waals surface area contributed by atoms with Crippen molar-refractivity contribution in [1.82, 2.24) is 5.16 Å². The number of nitrogens with zero attached hydrogens (tertiary/aromatic N) is 1.